The minimum atomic E-state index is -0.159. The molecule has 0 aliphatic carbocycles. The molecule has 2 aliphatic rings. The van der Waals surface area contributed by atoms with E-state index in [0.29, 0.717) is 42.6 Å². The monoisotopic (exact) mass is 421 g/mol. The van der Waals surface area contributed by atoms with Crippen molar-refractivity contribution in [3.05, 3.63) is 17.2 Å². The molecule has 1 aromatic carbocycles. The average Bonchev–Trinajstić information content (AvgIpc) is 2.77. The summed E-state index contributed by atoms with van der Waals surface area (Å²) in [6.07, 6.45) is 2.23. The number of methoxy groups -OCH3 is 2. The van der Waals surface area contributed by atoms with Gasteiger partial charge in [0.15, 0.2) is 11.5 Å². The molecule has 2 N–H and O–H groups in total. The highest BCUT2D eigenvalue weighted by molar-refractivity contribution is 5.98. The number of rotatable bonds is 9. The third-order valence-corrected chi connectivity index (χ3v) is 5.91. The molecule has 0 spiro atoms. The highest BCUT2D eigenvalue weighted by Crippen LogP contribution is 2.44. The van der Waals surface area contributed by atoms with E-state index in [9.17, 15) is 4.79 Å². The molecule has 168 valence electrons. The molecule has 0 aromatic heterocycles. The molecule has 2 atom stereocenters. The van der Waals surface area contributed by atoms with Gasteiger partial charge in [-0.15, -0.1) is 0 Å². The molecule has 2 heterocycles. The highest BCUT2D eigenvalue weighted by atomic mass is 16.6. The summed E-state index contributed by atoms with van der Waals surface area (Å²) in [4.78, 5) is 15.4. The zero-order chi connectivity index (χ0) is 21.5. The number of likely N-dealkylation sites (tertiary alicyclic amines) is 1. The third kappa shape index (κ3) is 5.17. The topological polar surface area (TPSA) is 81.3 Å². The van der Waals surface area contributed by atoms with E-state index in [1.54, 1.807) is 20.3 Å². The SMILES string of the molecule is CNCCCN1CC[C@@H](CNC(=O)c2cc(C)c(OC)c3c2OCCO3)[C@H](OC)C1. The predicted molar refractivity (Wildman–Crippen MR) is 115 cm³/mol. The first-order valence-corrected chi connectivity index (χ1v) is 10.7. The summed E-state index contributed by atoms with van der Waals surface area (Å²) in [5.74, 6) is 1.72. The summed E-state index contributed by atoms with van der Waals surface area (Å²) < 4.78 is 22.7. The number of hydrogen-bond donors (Lipinski definition) is 2. The van der Waals surface area contributed by atoms with Gasteiger partial charge in [0, 0.05) is 26.1 Å². The number of aryl methyl sites for hydroxylation is 1. The first-order chi connectivity index (χ1) is 14.6. The van der Waals surface area contributed by atoms with E-state index in [4.69, 9.17) is 18.9 Å². The van der Waals surface area contributed by atoms with Gasteiger partial charge in [-0.3, -0.25) is 4.79 Å². The lowest BCUT2D eigenvalue weighted by atomic mass is 9.93. The summed E-state index contributed by atoms with van der Waals surface area (Å²) >= 11 is 0. The number of nitrogens with one attached hydrogen (secondary N) is 2. The van der Waals surface area contributed by atoms with Crippen LogP contribution < -0.4 is 24.8 Å². The van der Waals surface area contributed by atoms with E-state index in [1.807, 2.05) is 14.0 Å². The van der Waals surface area contributed by atoms with Crippen LogP contribution in [0.3, 0.4) is 0 Å². The van der Waals surface area contributed by atoms with Crippen molar-refractivity contribution >= 4 is 5.91 Å². The maximum absolute atomic E-state index is 13.0. The lowest BCUT2D eigenvalue weighted by Crippen LogP contribution is -2.48. The number of ether oxygens (including phenoxy) is 4. The summed E-state index contributed by atoms with van der Waals surface area (Å²) in [6.45, 7) is 7.33. The molecule has 0 unspecified atom stereocenters. The molecule has 8 heteroatoms. The lowest BCUT2D eigenvalue weighted by molar-refractivity contribution is -0.0105. The van der Waals surface area contributed by atoms with Crippen LogP contribution in [0.2, 0.25) is 0 Å². The van der Waals surface area contributed by atoms with Gasteiger partial charge in [-0.2, -0.15) is 0 Å². The van der Waals surface area contributed by atoms with Crippen LogP contribution in [0.15, 0.2) is 6.07 Å². The largest absolute Gasteiger partial charge is 0.492 e. The van der Waals surface area contributed by atoms with Crippen LogP contribution in [0.25, 0.3) is 0 Å². The Morgan fingerprint density at radius 2 is 2.03 bits per heavy atom. The molecule has 0 radical (unpaired) electrons. The number of amides is 1. The van der Waals surface area contributed by atoms with Crippen molar-refractivity contribution in [2.24, 2.45) is 5.92 Å². The summed E-state index contributed by atoms with van der Waals surface area (Å²) in [5, 5.41) is 6.28. The van der Waals surface area contributed by atoms with Crippen LogP contribution in [0.5, 0.6) is 17.2 Å². The first kappa shape index (κ1) is 22.7. The molecule has 1 fully saturated rings. The number of fused-ring (bicyclic) bond motifs is 1. The van der Waals surface area contributed by atoms with E-state index in [-0.39, 0.29) is 17.9 Å². The van der Waals surface area contributed by atoms with Gasteiger partial charge in [0.1, 0.15) is 13.2 Å². The fourth-order valence-corrected chi connectivity index (χ4v) is 4.27. The molecule has 0 bridgehead atoms. The summed E-state index contributed by atoms with van der Waals surface area (Å²) in [5.41, 5.74) is 1.33. The van der Waals surface area contributed by atoms with Gasteiger partial charge in [-0.1, -0.05) is 0 Å². The fourth-order valence-electron chi connectivity index (χ4n) is 4.27. The first-order valence-electron chi connectivity index (χ1n) is 10.7. The van der Waals surface area contributed by atoms with E-state index in [1.165, 1.54) is 0 Å². The number of carbonyl (C=O) groups excluding carboxylic acids is 1. The number of nitrogens with zero attached hydrogens (tertiary/aromatic N) is 1. The maximum Gasteiger partial charge on any atom is 0.255 e. The molecule has 2 aliphatic heterocycles. The second-order valence-corrected chi connectivity index (χ2v) is 7.92. The second-order valence-electron chi connectivity index (χ2n) is 7.92. The van der Waals surface area contributed by atoms with Crippen molar-refractivity contribution in [2.75, 3.05) is 67.2 Å². The Kier molecular flexibility index (Phi) is 8.18. The van der Waals surface area contributed by atoms with Crippen molar-refractivity contribution in [3.63, 3.8) is 0 Å². The fraction of sp³-hybridized carbons (Fsp3) is 0.682. The quantitative estimate of drug-likeness (QED) is 0.584. The van der Waals surface area contributed by atoms with Gasteiger partial charge >= 0.3 is 0 Å². The number of benzene rings is 1. The molecular formula is C22H35N3O5. The van der Waals surface area contributed by atoms with Gasteiger partial charge in [0.25, 0.3) is 5.91 Å². The minimum absolute atomic E-state index is 0.111. The maximum atomic E-state index is 13.0. The van der Waals surface area contributed by atoms with Gasteiger partial charge in [-0.05, 0) is 58.1 Å². The Hall–Kier alpha value is -2.03. The lowest BCUT2D eigenvalue weighted by Gasteiger charge is -2.38. The van der Waals surface area contributed by atoms with Crippen molar-refractivity contribution in [3.8, 4) is 17.2 Å². The zero-order valence-electron chi connectivity index (χ0n) is 18.6. The van der Waals surface area contributed by atoms with Crippen LogP contribution in [-0.2, 0) is 4.74 Å². The van der Waals surface area contributed by atoms with E-state index < -0.39 is 0 Å². The molecule has 30 heavy (non-hydrogen) atoms. The van der Waals surface area contributed by atoms with Gasteiger partial charge in [-0.25, -0.2) is 0 Å². The second kappa shape index (κ2) is 10.8. The van der Waals surface area contributed by atoms with E-state index in [2.05, 4.69) is 15.5 Å². The van der Waals surface area contributed by atoms with Crippen molar-refractivity contribution in [2.45, 2.75) is 25.9 Å². The molecular weight excluding hydrogens is 386 g/mol. The summed E-state index contributed by atoms with van der Waals surface area (Å²) in [7, 11) is 5.33. The Morgan fingerprint density at radius 1 is 1.27 bits per heavy atom. The van der Waals surface area contributed by atoms with E-state index >= 15 is 0 Å². The minimum Gasteiger partial charge on any atom is -0.492 e. The predicted octanol–water partition coefficient (Wildman–Crippen LogP) is 1.45. The Balaban J connectivity index is 1.62. The van der Waals surface area contributed by atoms with Crippen molar-refractivity contribution in [1.82, 2.24) is 15.5 Å². The number of hydrogen-bond acceptors (Lipinski definition) is 7. The molecule has 8 nitrogen and oxygen atoms in total. The molecule has 1 saturated heterocycles. The Labute approximate surface area is 179 Å². The van der Waals surface area contributed by atoms with Crippen LogP contribution in [0, 0.1) is 12.8 Å². The molecule has 3 rings (SSSR count). The number of piperidine rings is 1. The smallest absolute Gasteiger partial charge is 0.255 e. The molecule has 1 amide bonds. The van der Waals surface area contributed by atoms with Gasteiger partial charge in [0.2, 0.25) is 5.75 Å². The van der Waals surface area contributed by atoms with Crippen molar-refractivity contribution < 1.29 is 23.7 Å². The normalized spacial score (nSPS) is 21.3. The van der Waals surface area contributed by atoms with Crippen LogP contribution >= 0.6 is 0 Å². The zero-order valence-corrected chi connectivity index (χ0v) is 18.6. The third-order valence-electron chi connectivity index (χ3n) is 5.91. The molecule has 1 aromatic rings. The average molecular weight is 422 g/mol. The Bertz CT molecular complexity index is 727. The van der Waals surface area contributed by atoms with Crippen LogP contribution in [-0.4, -0.2) is 84.1 Å². The van der Waals surface area contributed by atoms with Gasteiger partial charge < -0.3 is 34.5 Å². The highest BCUT2D eigenvalue weighted by Gasteiger charge is 2.31. The van der Waals surface area contributed by atoms with Gasteiger partial charge in [0.05, 0.1) is 18.8 Å². The Morgan fingerprint density at radius 3 is 2.73 bits per heavy atom. The van der Waals surface area contributed by atoms with Crippen LogP contribution in [0.1, 0.15) is 28.8 Å². The summed E-state index contributed by atoms with van der Waals surface area (Å²) in [6, 6.07) is 1.81. The standard InChI is InChI=1S/C22H35N3O5/c1-15-12-17(20-21(19(15)28-4)30-11-10-29-20)22(26)24-13-16-6-9-25(8-5-7-23-2)14-18(16)27-3/h12,16,18,23H,5-11,13-14H2,1-4H3,(H,24,26)/t16-,18+/m0/s1. The van der Waals surface area contributed by atoms with Crippen LogP contribution in [0.4, 0.5) is 0 Å². The number of carbonyl (C=O) groups is 1. The van der Waals surface area contributed by atoms with E-state index in [0.717, 1.165) is 44.6 Å². The molecule has 0 saturated carbocycles. The van der Waals surface area contributed by atoms with Crippen molar-refractivity contribution in [1.29, 1.82) is 0 Å².